The third-order valence-corrected chi connectivity index (χ3v) is 5.69. The molecule has 0 saturated heterocycles. The van der Waals surface area contributed by atoms with Gasteiger partial charge in [0.25, 0.3) is 0 Å². The summed E-state index contributed by atoms with van der Waals surface area (Å²) in [4.78, 5) is 7.91. The van der Waals surface area contributed by atoms with E-state index in [4.69, 9.17) is 4.98 Å². The second-order valence-corrected chi connectivity index (χ2v) is 7.03. The summed E-state index contributed by atoms with van der Waals surface area (Å²) in [5.41, 5.74) is 2.33. The number of aliphatic hydroxyl groups is 1. The van der Waals surface area contributed by atoms with Crippen LogP contribution in [0.3, 0.4) is 0 Å². The Morgan fingerprint density at radius 1 is 1.45 bits per heavy atom. The van der Waals surface area contributed by atoms with Crippen LogP contribution in [0.15, 0.2) is 28.7 Å². The maximum absolute atomic E-state index is 10.0. The molecule has 3 nitrogen and oxygen atoms in total. The molecule has 5 heteroatoms. The van der Waals surface area contributed by atoms with Crippen LogP contribution in [0, 0.1) is 0 Å². The van der Waals surface area contributed by atoms with Crippen molar-refractivity contribution >= 4 is 32.4 Å². The quantitative estimate of drug-likeness (QED) is 0.909. The first kappa shape index (κ1) is 14.0. The number of rotatable bonds is 3. The van der Waals surface area contributed by atoms with E-state index >= 15 is 0 Å². The molecule has 20 heavy (non-hydrogen) atoms. The molecule has 0 saturated carbocycles. The Labute approximate surface area is 131 Å². The zero-order chi connectivity index (χ0) is 14.1. The molecule has 3 rings (SSSR count). The second kappa shape index (κ2) is 5.84. The van der Waals surface area contributed by atoms with Crippen molar-refractivity contribution in [3.8, 4) is 0 Å². The van der Waals surface area contributed by atoms with Gasteiger partial charge in [-0.25, -0.2) is 4.98 Å². The fourth-order valence-electron chi connectivity index (χ4n) is 2.50. The van der Waals surface area contributed by atoms with Crippen molar-refractivity contribution in [2.75, 3.05) is 11.9 Å². The number of aromatic nitrogens is 1. The minimum Gasteiger partial charge on any atom is -0.388 e. The molecule has 0 fully saturated rings. The van der Waals surface area contributed by atoms with Gasteiger partial charge in [0.15, 0.2) is 5.13 Å². The number of aliphatic hydroxyl groups excluding tert-OH is 1. The monoisotopic (exact) mass is 352 g/mol. The van der Waals surface area contributed by atoms with E-state index in [2.05, 4.69) is 40.0 Å². The lowest BCUT2D eigenvalue weighted by atomic mass is 10.0. The largest absolute Gasteiger partial charge is 0.388 e. The number of hydrogen-bond acceptors (Lipinski definition) is 4. The predicted octanol–water partition coefficient (Wildman–Crippen LogP) is 3.91. The summed E-state index contributed by atoms with van der Waals surface area (Å²) in [6.45, 7) is 0.809. The summed E-state index contributed by atoms with van der Waals surface area (Å²) >= 11 is 5.21. The van der Waals surface area contributed by atoms with Gasteiger partial charge >= 0.3 is 0 Å². The van der Waals surface area contributed by atoms with Gasteiger partial charge in [0.1, 0.15) is 0 Å². The molecule has 0 aliphatic heterocycles. The van der Waals surface area contributed by atoms with E-state index in [1.807, 2.05) is 12.1 Å². The molecule has 0 spiro atoms. The highest BCUT2D eigenvalue weighted by Gasteiger charge is 2.23. The van der Waals surface area contributed by atoms with Crippen LogP contribution in [-0.4, -0.2) is 17.1 Å². The highest BCUT2D eigenvalue weighted by Crippen LogP contribution is 2.37. The summed E-state index contributed by atoms with van der Waals surface area (Å²) < 4.78 is 1.12. The van der Waals surface area contributed by atoms with E-state index in [1.54, 1.807) is 11.3 Å². The Bertz CT molecular complexity index is 614. The average Bonchev–Trinajstić information content (AvgIpc) is 2.87. The molecular weight excluding hydrogens is 336 g/mol. The van der Waals surface area contributed by atoms with Gasteiger partial charge < -0.3 is 10.0 Å². The predicted molar refractivity (Wildman–Crippen MR) is 86.3 cm³/mol. The Morgan fingerprint density at radius 3 is 3.00 bits per heavy atom. The standard InChI is InChI=1S/C15H17BrN2OS/c1-18(9-10-5-2-3-6-11(10)16)15-17-12-7-4-8-13(19)14(12)20-15/h2-3,5-6,13,19H,4,7-9H2,1H3. The Morgan fingerprint density at radius 2 is 2.25 bits per heavy atom. The maximum atomic E-state index is 10.0. The molecule has 0 radical (unpaired) electrons. The molecule has 106 valence electrons. The van der Waals surface area contributed by atoms with Gasteiger partial charge in [-0.3, -0.25) is 0 Å². The smallest absolute Gasteiger partial charge is 0.185 e. The summed E-state index contributed by atoms with van der Waals surface area (Å²) in [6, 6.07) is 8.24. The van der Waals surface area contributed by atoms with E-state index in [1.165, 1.54) is 5.56 Å². The second-order valence-electron chi connectivity index (χ2n) is 5.16. The van der Waals surface area contributed by atoms with Gasteiger partial charge in [0.05, 0.1) is 16.7 Å². The fourth-order valence-corrected chi connectivity index (χ4v) is 4.00. The zero-order valence-corrected chi connectivity index (χ0v) is 13.7. The first-order chi connectivity index (χ1) is 9.65. The molecule has 1 N–H and O–H groups in total. The van der Waals surface area contributed by atoms with Crippen molar-refractivity contribution < 1.29 is 5.11 Å². The molecule has 1 aromatic heterocycles. The third-order valence-electron chi connectivity index (χ3n) is 3.60. The number of nitrogens with zero attached hydrogens (tertiary/aromatic N) is 2. The highest BCUT2D eigenvalue weighted by molar-refractivity contribution is 9.10. The van der Waals surface area contributed by atoms with Crippen molar-refractivity contribution in [3.63, 3.8) is 0 Å². The van der Waals surface area contributed by atoms with Gasteiger partial charge in [-0.1, -0.05) is 45.5 Å². The number of thiazole rings is 1. The Hall–Kier alpha value is -0.910. The molecular formula is C15H17BrN2OS. The molecule has 0 bridgehead atoms. The Kier molecular flexibility index (Phi) is 4.10. The topological polar surface area (TPSA) is 36.4 Å². The van der Waals surface area contributed by atoms with Crippen LogP contribution in [0.25, 0.3) is 0 Å². The number of aryl methyl sites for hydroxylation is 1. The molecule has 0 amide bonds. The van der Waals surface area contributed by atoms with Crippen molar-refractivity contribution in [3.05, 3.63) is 44.9 Å². The van der Waals surface area contributed by atoms with Crippen LogP contribution in [0.5, 0.6) is 0 Å². The van der Waals surface area contributed by atoms with E-state index in [0.717, 1.165) is 46.0 Å². The van der Waals surface area contributed by atoms with Crippen molar-refractivity contribution in [2.24, 2.45) is 0 Å². The normalized spacial score (nSPS) is 17.9. The minimum atomic E-state index is -0.318. The number of hydrogen-bond donors (Lipinski definition) is 1. The van der Waals surface area contributed by atoms with Crippen LogP contribution in [-0.2, 0) is 13.0 Å². The van der Waals surface area contributed by atoms with Crippen molar-refractivity contribution in [1.29, 1.82) is 0 Å². The van der Waals surface area contributed by atoms with E-state index in [-0.39, 0.29) is 6.10 Å². The first-order valence-corrected chi connectivity index (χ1v) is 8.38. The van der Waals surface area contributed by atoms with Crippen molar-refractivity contribution in [1.82, 2.24) is 4.98 Å². The van der Waals surface area contributed by atoms with Gasteiger partial charge in [0, 0.05) is 18.1 Å². The van der Waals surface area contributed by atoms with Crippen LogP contribution < -0.4 is 4.90 Å². The average molecular weight is 353 g/mol. The molecule has 1 heterocycles. The SMILES string of the molecule is CN(Cc1ccccc1Br)c1nc2c(s1)C(O)CCC2. The molecule has 1 unspecified atom stereocenters. The van der Waals surface area contributed by atoms with Crippen LogP contribution >= 0.6 is 27.3 Å². The Balaban J connectivity index is 1.81. The van der Waals surface area contributed by atoms with E-state index in [0.29, 0.717) is 0 Å². The molecule has 1 aromatic carbocycles. The summed E-state index contributed by atoms with van der Waals surface area (Å²) in [7, 11) is 2.05. The molecule has 2 aromatic rings. The highest BCUT2D eigenvalue weighted by atomic mass is 79.9. The van der Waals surface area contributed by atoms with E-state index in [9.17, 15) is 5.11 Å². The van der Waals surface area contributed by atoms with Gasteiger partial charge in [-0.15, -0.1) is 0 Å². The van der Waals surface area contributed by atoms with Crippen molar-refractivity contribution in [2.45, 2.75) is 31.9 Å². The third kappa shape index (κ3) is 2.75. The molecule has 1 aliphatic rings. The number of benzene rings is 1. The number of halogens is 1. The minimum absolute atomic E-state index is 0.318. The summed E-state index contributed by atoms with van der Waals surface area (Å²) in [5, 5.41) is 11.0. The number of anilines is 1. The van der Waals surface area contributed by atoms with Crippen LogP contribution in [0.2, 0.25) is 0 Å². The van der Waals surface area contributed by atoms with Gasteiger partial charge in [-0.05, 0) is 30.9 Å². The van der Waals surface area contributed by atoms with Gasteiger partial charge in [0.2, 0.25) is 0 Å². The molecule has 1 atom stereocenters. The maximum Gasteiger partial charge on any atom is 0.185 e. The summed E-state index contributed by atoms with van der Waals surface area (Å²) in [6.07, 6.45) is 2.57. The fraction of sp³-hybridized carbons (Fsp3) is 0.400. The number of fused-ring (bicyclic) bond motifs is 1. The lowest BCUT2D eigenvalue weighted by molar-refractivity contribution is 0.160. The van der Waals surface area contributed by atoms with Crippen LogP contribution in [0.4, 0.5) is 5.13 Å². The summed E-state index contributed by atoms with van der Waals surface area (Å²) in [5.74, 6) is 0. The molecule has 1 aliphatic carbocycles. The zero-order valence-electron chi connectivity index (χ0n) is 11.3. The van der Waals surface area contributed by atoms with Crippen LogP contribution in [0.1, 0.15) is 35.1 Å². The van der Waals surface area contributed by atoms with E-state index < -0.39 is 0 Å². The van der Waals surface area contributed by atoms with Gasteiger partial charge in [-0.2, -0.15) is 0 Å². The lowest BCUT2D eigenvalue weighted by Gasteiger charge is -2.16. The lowest BCUT2D eigenvalue weighted by Crippen LogP contribution is -2.16. The first-order valence-electron chi connectivity index (χ1n) is 6.77.